The van der Waals surface area contributed by atoms with E-state index >= 15 is 0 Å². The van der Waals surface area contributed by atoms with Gasteiger partial charge in [-0.3, -0.25) is 14.3 Å². The van der Waals surface area contributed by atoms with Crippen LogP contribution >= 0.6 is 15.9 Å². The first-order valence-corrected chi connectivity index (χ1v) is 7.33. The van der Waals surface area contributed by atoms with Crippen LogP contribution in [-0.2, 0) is 6.54 Å². The van der Waals surface area contributed by atoms with Crippen LogP contribution in [0, 0.1) is 5.92 Å². The summed E-state index contributed by atoms with van der Waals surface area (Å²) in [5.41, 5.74) is -0.00588. The Morgan fingerprint density at radius 2 is 1.95 bits per heavy atom. The van der Waals surface area contributed by atoms with Crippen molar-refractivity contribution in [2.24, 2.45) is 5.92 Å². The van der Waals surface area contributed by atoms with Crippen molar-refractivity contribution in [2.45, 2.75) is 38.6 Å². The van der Waals surface area contributed by atoms with Crippen molar-refractivity contribution in [2.75, 3.05) is 0 Å². The van der Waals surface area contributed by atoms with Crippen LogP contribution in [0.3, 0.4) is 0 Å². The van der Waals surface area contributed by atoms with E-state index in [0.717, 1.165) is 12.8 Å². The van der Waals surface area contributed by atoms with Crippen molar-refractivity contribution in [3.63, 3.8) is 0 Å². The Kier molecular flexibility index (Phi) is 3.30. The average Bonchev–Trinajstić information content (AvgIpc) is 2.76. The van der Waals surface area contributed by atoms with E-state index in [1.54, 1.807) is 0 Å². The van der Waals surface area contributed by atoms with Gasteiger partial charge in [-0.05, 0) is 34.7 Å². The molecule has 0 amide bonds. The normalized spacial score (nSPS) is 17.1. The molecule has 2 aromatic rings. The molecule has 1 fully saturated rings. The number of imidazole rings is 1. The molecule has 0 aliphatic heterocycles. The Morgan fingerprint density at radius 1 is 1.21 bits per heavy atom. The summed E-state index contributed by atoms with van der Waals surface area (Å²) in [4.78, 5) is 33.8. The number of hydrogen-bond acceptors (Lipinski definition) is 3. The number of aromatic amines is 2. The lowest BCUT2D eigenvalue weighted by molar-refractivity contribution is 0.312. The first-order valence-electron chi connectivity index (χ1n) is 6.53. The van der Waals surface area contributed by atoms with E-state index < -0.39 is 0 Å². The molecule has 0 bridgehead atoms. The largest absolute Gasteiger partial charge is 0.330 e. The third kappa shape index (κ3) is 2.39. The maximum absolute atomic E-state index is 12.3. The van der Waals surface area contributed by atoms with Gasteiger partial charge in [-0.25, -0.2) is 9.78 Å². The van der Waals surface area contributed by atoms with E-state index in [0.29, 0.717) is 28.4 Å². The first kappa shape index (κ1) is 12.7. The Hall–Kier alpha value is -1.37. The lowest BCUT2D eigenvalue weighted by atomic mass is 9.89. The molecule has 7 heteroatoms. The van der Waals surface area contributed by atoms with Gasteiger partial charge < -0.3 is 4.98 Å². The Bertz CT molecular complexity index is 709. The summed E-state index contributed by atoms with van der Waals surface area (Å²) in [6.45, 7) is 0.501. The average molecular weight is 327 g/mol. The Labute approximate surface area is 117 Å². The van der Waals surface area contributed by atoms with Crippen molar-refractivity contribution in [1.82, 2.24) is 19.5 Å². The minimum Gasteiger partial charge on any atom is -0.327 e. The molecule has 1 aliphatic carbocycles. The molecular formula is C12H15BrN4O2. The minimum atomic E-state index is -0.373. The van der Waals surface area contributed by atoms with Crippen molar-refractivity contribution in [1.29, 1.82) is 0 Å². The van der Waals surface area contributed by atoms with Crippen LogP contribution in [0.4, 0.5) is 0 Å². The van der Waals surface area contributed by atoms with Crippen LogP contribution in [0.15, 0.2) is 14.3 Å². The van der Waals surface area contributed by atoms with E-state index in [9.17, 15) is 9.59 Å². The fraction of sp³-hybridized carbons (Fsp3) is 0.583. The van der Waals surface area contributed by atoms with Crippen LogP contribution in [0.25, 0.3) is 11.2 Å². The predicted molar refractivity (Wildman–Crippen MR) is 75.2 cm³/mol. The van der Waals surface area contributed by atoms with E-state index in [-0.39, 0.29) is 11.2 Å². The molecule has 19 heavy (non-hydrogen) atoms. The summed E-state index contributed by atoms with van der Waals surface area (Å²) in [7, 11) is 0. The van der Waals surface area contributed by atoms with Gasteiger partial charge in [-0.15, -0.1) is 0 Å². The molecule has 0 atom stereocenters. The van der Waals surface area contributed by atoms with E-state index in [2.05, 4.69) is 30.9 Å². The molecule has 102 valence electrons. The predicted octanol–water partition coefficient (Wildman–Crippen LogP) is 1.76. The molecule has 1 saturated carbocycles. The molecule has 0 radical (unpaired) electrons. The fourth-order valence-electron chi connectivity index (χ4n) is 2.78. The molecule has 0 spiro atoms. The van der Waals surface area contributed by atoms with Gasteiger partial charge in [0.15, 0.2) is 15.9 Å². The molecule has 2 aromatic heterocycles. The van der Waals surface area contributed by atoms with E-state index in [4.69, 9.17) is 0 Å². The smallest absolute Gasteiger partial charge is 0.327 e. The number of halogens is 1. The van der Waals surface area contributed by atoms with Crippen molar-refractivity contribution < 1.29 is 0 Å². The minimum absolute atomic E-state index is 0.289. The first-order chi connectivity index (χ1) is 9.15. The number of H-pyrrole nitrogens is 2. The zero-order valence-corrected chi connectivity index (χ0v) is 12.0. The highest BCUT2D eigenvalue weighted by Crippen LogP contribution is 2.24. The van der Waals surface area contributed by atoms with E-state index in [1.807, 2.05) is 0 Å². The monoisotopic (exact) mass is 326 g/mol. The molecule has 0 aromatic carbocycles. The number of nitrogens with zero attached hydrogens (tertiary/aromatic N) is 2. The summed E-state index contributed by atoms with van der Waals surface area (Å²) >= 11 is 3.17. The quantitative estimate of drug-likeness (QED) is 0.825. The van der Waals surface area contributed by atoms with Gasteiger partial charge in [-0.2, -0.15) is 0 Å². The summed E-state index contributed by atoms with van der Waals surface area (Å²) in [6, 6.07) is 0. The third-order valence-corrected chi connectivity index (χ3v) is 4.15. The molecule has 2 heterocycles. The van der Waals surface area contributed by atoms with Crippen LogP contribution < -0.4 is 11.2 Å². The molecule has 6 nitrogen and oxygen atoms in total. The molecule has 0 unspecified atom stereocenters. The summed E-state index contributed by atoms with van der Waals surface area (Å²) in [6.07, 6.45) is 5.83. The number of nitrogens with one attached hydrogen (secondary N) is 2. The van der Waals surface area contributed by atoms with Crippen molar-refractivity contribution in [3.05, 3.63) is 25.6 Å². The van der Waals surface area contributed by atoms with Gasteiger partial charge in [0, 0.05) is 6.54 Å². The van der Waals surface area contributed by atoms with E-state index in [1.165, 1.54) is 23.8 Å². The number of aromatic nitrogens is 4. The maximum Gasteiger partial charge on any atom is 0.330 e. The summed E-state index contributed by atoms with van der Waals surface area (Å²) < 4.78 is 1.74. The number of hydrogen-bond donors (Lipinski definition) is 2. The highest BCUT2D eigenvalue weighted by atomic mass is 79.9. The van der Waals surface area contributed by atoms with Crippen molar-refractivity contribution in [3.8, 4) is 0 Å². The van der Waals surface area contributed by atoms with Gasteiger partial charge in [0.05, 0.1) is 0 Å². The number of fused-ring (bicyclic) bond motifs is 1. The summed E-state index contributed by atoms with van der Waals surface area (Å²) in [5.74, 6) is 0.427. The number of rotatable bonds is 2. The van der Waals surface area contributed by atoms with Gasteiger partial charge >= 0.3 is 5.69 Å². The second-order valence-corrected chi connectivity index (χ2v) is 5.85. The van der Waals surface area contributed by atoms with Gasteiger partial charge in [0.2, 0.25) is 0 Å². The zero-order valence-electron chi connectivity index (χ0n) is 10.4. The second kappa shape index (κ2) is 4.96. The van der Waals surface area contributed by atoms with Gasteiger partial charge in [0.1, 0.15) is 0 Å². The molecular weight excluding hydrogens is 312 g/mol. The maximum atomic E-state index is 12.3. The summed E-state index contributed by atoms with van der Waals surface area (Å²) in [5, 5.41) is 0. The topological polar surface area (TPSA) is 83.5 Å². The van der Waals surface area contributed by atoms with Crippen molar-refractivity contribution >= 4 is 27.1 Å². The van der Waals surface area contributed by atoms with Gasteiger partial charge in [-0.1, -0.05) is 19.3 Å². The SMILES string of the molecule is O=c1[nH]c2nc(Br)[nH]c2c(=O)n1CC1CCCCC1. The highest BCUT2D eigenvalue weighted by Gasteiger charge is 2.18. The molecule has 3 rings (SSSR count). The van der Waals surface area contributed by atoms with Crippen LogP contribution in [-0.4, -0.2) is 19.5 Å². The third-order valence-electron chi connectivity index (χ3n) is 3.77. The van der Waals surface area contributed by atoms with Gasteiger partial charge in [0.25, 0.3) is 5.56 Å². The van der Waals surface area contributed by atoms with Crippen LogP contribution in [0.2, 0.25) is 0 Å². The Morgan fingerprint density at radius 3 is 2.68 bits per heavy atom. The van der Waals surface area contributed by atoms with Crippen LogP contribution in [0.5, 0.6) is 0 Å². The molecule has 0 saturated heterocycles. The second-order valence-electron chi connectivity index (χ2n) is 5.10. The zero-order chi connectivity index (χ0) is 13.4. The lowest BCUT2D eigenvalue weighted by Gasteiger charge is -2.21. The lowest BCUT2D eigenvalue weighted by Crippen LogP contribution is -2.37. The fourth-order valence-corrected chi connectivity index (χ4v) is 3.15. The van der Waals surface area contributed by atoms with Crippen LogP contribution in [0.1, 0.15) is 32.1 Å². The highest BCUT2D eigenvalue weighted by molar-refractivity contribution is 9.10. The Balaban J connectivity index is 2.02. The molecule has 1 aliphatic rings. The molecule has 2 N–H and O–H groups in total. The standard InChI is InChI=1S/C12H15BrN4O2/c13-11-14-8-9(15-11)16-12(19)17(10(8)18)6-7-4-2-1-3-5-7/h7H,1-6H2,(H,14,15)(H,16,19).